The highest BCUT2D eigenvalue weighted by molar-refractivity contribution is 7.84. The summed E-state index contributed by atoms with van der Waals surface area (Å²) in [5.41, 5.74) is 7.97. The maximum atomic E-state index is 12.0. The quantitative estimate of drug-likeness (QED) is 0.772. The summed E-state index contributed by atoms with van der Waals surface area (Å²) < 4.78 is 12.0. The van der Waals surface area contributed by atoms with Crippen molar-refractivity contribution in [3.63, 3.8) is 0 Å². The van der Waals surface area contributed by atoms with E-state index < -0.39 is 16.8 Å². The van der Waals surface area contributed by atoms with Crippen molar-refractivity contribution in [2.45, 2.75) is 18.2 Å². The predicted octanol–water partition coefficient (Wildman–Crippen LogP) is 1.62. The molecule has 1 amide bonds. The first-order valence-electron chi connectivity index (χ1n) is 7.61. The molecule has 2 rings (SSSR count). The zero-order valence-electron chi connectivity index (χ0n) is 13.0. The first-order valence-corrected chi connectivity index (χ1v) is 9.10. The second kappa shape index (κ2) is 9.22. The van der Waals surface area contributed by atoms with Gasteiger partial charge in [-0.2, -0.15) is 0 Å². The van der Waals surface area contributed by atoms with Gasteiger partial charge in [-0.25, -0.2) is 0 Å². The van der Waals surface area contributed by atoms with Crippen molar-refractivity contribution in [1.82, 2.24) is 5.32 Å². The molecule has 0 aromatic heterocycles. The van der Waals surface area contributed by atoms with Gasteiger partial charge in [-0.05, 0) is 17.5 Å². The average molecular weight is 330 g/mol. The largest absolute Gasteiger partial charge is 0.354 e. The number of hydrogen-bond donors (Lipinski definition) is 2. The Hall–Kier alpha value is -1.98. The highest BCUT2D eigenvalue weighted by Gasteiger charge is 2.13. The number of carbonyl (C=O) groups is 1. The van der Waals surface area contributed by atoms with E-state index in [1.54, 1.807) is 0 Å². The number of hydrogen-bond acceptors (Lipinski definition) is 3. The minimum atomic E-state index is -0.994. The van der Waals surface area contributed by atoms with E-state index in [1.165, 1.54) is 0 Å². The number of carbonyl (C=O) groups excluding carboxylic acids is 1. The molecule has 2 aromatic carbocycles. The van der Waals surface area contributed by atoms with Crippen molar-refractivity contribution < 1.29 is 9.00 Å². The third-order valence-corrected chi connectivity index (χ3v) is 4.75. The van der Waals surface area contributed by atoms with Crippen LogP contribution in [0.15, 0.2) is 60.7 Å². The fourth-order valence-corrected chi connectivity index (χ4v) is 3.25. The van der Waals surface area contributed by atoms with Crippen LogP contribution in [0, 0.1) is 0 Å². The highest BCUT2D eigenvalue weighted by Crippen LogP contribution is 2.03. The Morgan fingerprint density at radius 2 is 1.57 bits per heavy atom. The smallest absolute Gasteiger partial charge is 0.237 e. The van der Waals surface area contributed by atoms with E-state index in [-0.39, 0.29) is 5.91 Å². The minimum absolute atomic E-state index is 0.203. The van der Waals surface area contributed by atoms with E-state index in [4.69, 9.17) is 5.73 Å². The monoisotopic (exact) mass is 330 g/mol. The van der Waals surface area contributed by atoms with Gasteiger partial charge in [-0.15, -0.1) is 0 Å². The summed E-state index contributed by atoms with van der Waals surface area (Å²) in [6.07, 6.45) is 0.500. The van der Waals surface area contributed by atoms with Crippen LogP contribution in [0.1, 0.15) is 11.1 Å². The first-order chi connectivity index (χ1) is 11.1. The fourth-order valence-electron chi connectivity index (χ4n) is 2.21. The van der Waals surface area contributed by atoms with Crippen LogP contribution in [-0.4, -0.2) is 28.5 Å². The molecule has 3 N–H and O–H groups in total. The molecule has 1 unspecified atom stereocenters. The van der Waals surface area contributed by atoms with E-state index in [0.717, 1.165) is 11.1 Å². The standard InChI is InChI=1S/C18H22N2O2S/c19-17(13-15-7-3-1-4-8-15)18(21)20-11-12-23(22)14-16-9-5-2-6-10-16/h1-10,17H,11-14,19H2,(H,20,21)/t17-,23?/m0/s1. The Labute approximate surface area is 139 Å². The lowest BCUT2D eigenvalue weighted by Gasteiger charge is -2.12. The topological polar surface area (TPSA) is 72.2 Å². The summed E-state index contributed by atoms with van der Waals surface area (Å²) in [4.78, 5) is 12.0. The van der Waals surface area contributed by atoms with Crippen LogP contribution < -0.4 is 11.1 Å². The summed E-state index contributed by atoms with van der Waals surface area (Å²) in [5, 5.41) is 2.76. The number of rotatable bonds is 8. The second-order valence-corrected chi connectivity index (χ2v) is 6.94. The third-order valence-electron chi connectivity index (χ3n) is 3.43. The van der Waals surface area contributed by atoms with E-state index in [9.17, 15) is 9.00 Å². The number of benzene rings is 2. The lowest BCUT2D eigenvalue weighted by atomic mass is 10.1. The molecule has 2 aromatic rings. The lowest BCUT2D eigenvalue weighted by molar-refractivity contribution is -0.122. The molecule has 2 atom stereocenters. The molecule has 0 heterocycles. The van der Waals surface area contributed by atoms with Crippen molar-refractivity contribution >= 4 is 16.7 Å². The molecule has 0 saturated carbocycles. The Balaban J connectivity index is 1.69. The fraction of sp³-hybridized carbons (Fsp3) is 0.278. The summed E-state index contributed by atoms with van der Waals surface area (Å²) in [6.45, 7) is 0.376. The third kappa shape index (κ3) is 6.34. The van der Waals surface area contributed by atoms with Crippen LogP contribution in [-0.2, 0) is 27.8 Å². The molecule has 0 bridgehead atoms. The van der Waals surface area contributed by atoms with Crippen molar-refractivity contribution in [2.24, 2.45) is 5.73 Å². The molecule has 23 heavy (non-hydrogen) atoms. The maximum Gasteiger partial charge on any atom is 0.237 e. The van der Waals surface area contributed by atoms with Crippen molar-refractivity contribution in [2.75, 3.05) is 12.3 Å². The summed E-state index contributed by atoms with van der Waals surface area (Å²) >= 11 is 0. The molecule has 0 fully saturated rings. The zero-order chi connectivity index (χ0) is 16.5. The van der Waals surface area contributed by atoms with Crippen molar-refractivity contribution in [3.8, 4) is 0 Å². The summed E-state index contributed by atoms with van der Waals surface area (Å²) in [6, 6.07) is 18.8. The van der Waals surface area contributed by atoms with Gasteiger partial charge in [0, 0.05) is 28.9 Å². The Morgan fingerprint density at radius 3 is 2.17 bits per heavy atom. The van der Waals surface area contributed by atoms with E-state index >= 15 is 0 Å². The van der Waals surface area contributed by atoms with Gasteiger partial charge in [0.15, 0.2) is 0 Å². The molecule has 0 aliphatic carbocycles. The number of amides is 1. The number of nitrogens with two attached hydrogens (primary N) is 1. The van der Waals surface area contributed by atoms with E-state index in [0.29, 0.717) is 24.5 Å². The summed E-state index contributed by atoms with van der Waals surface area (Å²) in [7, 11) is -0.994. The average Bonchev–Trinajstić information content (AvgIpc) is 2.56. The van der Waals surface area contributed by atoms with Gasteiger partial charge in [0.1, 0.15) is 0 Å². The minimum Gasteiger partial charge on any atom is -0.354 e. The van der Waals surface area contributed by atoms with Crippen LogP contribution >= 0.6 is 0 Å². The molecule has 122 valence electrons. The molecular weight excluding hydrogens is 308 g/mol. The van der Waals surface area contributed by atoms with Gasteiger partial charge in [-0.3, -0.25) is 9.00 Å². The van der Waals surface area contributed by atoms with E-state index in [1.807, 2.05) is 60.7 Å². The van der Waals surface area contributed by atoms with Gasteiger partial charge in [0.2, 0.25) is 5.91 Å². The van der Waals surface area contributed by atoms with Gasteiger partial charge in [0.05, 0.1) is 6.04 Å². The van der Waals surface area contributed by atoms with Crippen molar-refractivity contribution in [1.29, 1.82) is 0 Å². The highest BCUT2D eigenvalue weighted by atomic mass is 32.2. The van der Waals surface area contributed by atoms with Gasteiger partial charge >= 0.3 is 0 Å². The normalized spacial score (nSPS) is 13.3. The maximum absolute atomic E-state index is 12.0. The summed E-state index contributed by atoms with van der Waals surface area (Å²) in [5.74, 6) is 0.733. The molecule has 4 nitrogen and oxygen atoms in total. The van der Waals surface area contributed by atoms with Crippen molar-refractivity contribution in [3.05, 3.63) is 71.8 Å². The SMILES string of the molecule is N[C@@H](Cc1ccccc1)C(=O)NCCS(=O)Cc1ccccc1. The predicted molar refractivity (Wildman–Crippen MR) is 94.3 cm³/mol. The van der Waals surface area contributed by atoms with Gasteiger partial charge in [-0.1, -0.05) is 60.7 Å². The molecule has 0 radical (unpaired) electrons. The number of nitrogens with one attached hydrogen (secondary N) is 1. The molecule has 5 heteroatoms. The Morgan fingerprint density at radius 1 is 1.00 bits per heavy atom. The first kappa shape index (κ1) is 17.4. The molecule has 0 saturated heterocycles. The van der Waals surface area contributed by atoms with E-state index in [2.05, 4.69) is 5.32 Å². The van der Waals surface area contributed by atoms with Gasteiger partial charge in [0.25, 0.3) is 0 Å². The molecule has 0 aliphatic rings. The molecule has 0 spiro atoms. The van der Waals surface area contributed by atoms with Crippen LogP contribution in [0.5, 0.6) is 0 Å². The Bertz CT molecular complexity index is 632. The van der Waals surface area contributed by atoms with Crippen LogP contribution in [0.4, 0.5) is 0 Å². The lowest BCUT2D eigenvalue weighted by Crippen LogP contribution is -2.43. The molecular formula is C18H22N2O2S. The van der Waals surface area contributed by atoms with Crippen LogP contribution in [0.2, 0.25) is 0 Å². The van der Waals surface area contributed by atoms with Crippen LogP contribution in [0.25, 0.3) is 0 Å². The molecule has 0 aliphatic heterocycles. The second-order valence-electron chi connectivity index (χ2n) is 5.36. The van der Waals surface area contributed by atoms with Crippen LogP contribution in [0.3, 0.4) is 0 Å². The van der Waals surface area contributed by atoms with Gasteiger partial charge < -0.3 is 11.1 Å². The zero-order valence-corrected chi connectivity index (χ0v) is 13.8. The Kier molecular flexibility index (Phi) is 6.97.